The first-order valence-corrected chi connectivity index (χ1v) is 5.74. The van der Waals surface area contributed by atoms with Gasteiger partial charge in [0, 0.05) is 12.6 Å². The highest BCUT2D eigenvalue weighted by molar-refractivity contribution is 5.66. The first-order valence-electron chi connectivity index (χ1n) is 5.74. The molecule has 0 unspecified atom stereocenters. The molecule has 3 heteroatoms. The molecule has 0 radical (unpaired) electrons. The summed E-state index contributed by atoms with van der Waals surface area (Å²) in [6, 6.07) is 4.32. The summed E-state index contributed by atoms with van der Waals surface area (Å²) in [5, 5.41) is 9.20. The van der Waals surface area contributed by atoms with Gasteiger partial charge in [0.1, 0.15) is 5.82 Å². The van der Waals surface area contributed by atoms with Crippen molar-refractivity contribution in [1.29, 1.82) is 0 Å². The summed E-state index contributed by atoms with van der Waals surface area (Å²) in [6.07, 6.45) is 1.73. The fraction of sp³-hybridized carbons (Fsp3) is 0.357. The number of aliphatic hydroxyl groups excluding tert-OH is 1. The van der Waals surface area contributed by atoms with Crippen LogP contribution in [0.1, 0.15) is 22.4 Å². The Bertz CT molecular complexity index is 532. The monoisotopic (exact) mass is 230 g/mol. The quantitative estimate of drug-likeness (QED) is 0.860. The number of hydrogen-bond donors (Lipinski definition) is 1. The van der Waals surface area contributed by atoms with Crippen LogP contribution < -0.4 is 0 Å². The van der Waals surface area contributed by atoms with Gasteiger partial charge in [0.05, 0.1) is 18.5 Å². The fourth-order valence-electron chi connectivity index (χ4n) is 2.36. The standard InChI is InChI=1S/C14H18N2O/c1-9-5-10(2)13(11(3)6-9)14-15-7-12(8-17)16(14)4/h5-7,17H,8H2,1-4H3. The largest absolute Gasteiger partial charge is 0.390 e. The minimum absolute atomic E-state index is 0.0213. The molecule has 1 aromatic heterocycles. The molecule has 1 N–H and O–H groups in total. The highest BCUT2D eigenvalue weighted by Crippen LogP contribution is 2.27. The lowest BCUT2D eigenvalue weighted by Crippen LogP contribution is -2.01. The molecule has 1 aromatic carbocycles. The van der Waals surface area contributed by atoms with Crippen LogP contribution in [-0.4, -0.2) is 14.7 Å². The third-order valence-electron chi connectivity index (χ3n) is 3.15. The lowest BCUT2D eigenvalue weighted by Gasteiger charge is -2.11. The van der Waals surface area contributed by atoms with E-state index in [9.17, 15) is 5.11 Å². The van der Waals surface area contributed by atoms with Crippen molar-refractivity contribution in [2.75, 3.05) is 0 Å². The van der Waals surface area contributed by atoms with Gasteiger partial charge in [0.15, 0.2) is 0 Å². The molecule has 0 saturated heterocycles. The molecule has 1 heterocycles. The van der Waals surface area contributed by atoms with Gasteiger partial charge in [-0.3, -0.25) is 0 Å². The topological polar surface area (TPSA) is 38.1 Å². The van der Waals surface area contributed by atoms with Crippen LogP contribution in [0.5, 0.6) is 0 Å². The van der Waals surface area contributed by atoms with Crippen molar-refractivity contribution in [1.82, 2.24) is 9.55 Å². The molecular formula is C14H18N2O. The molecule has 2 rings (SSSR count). The molecule has 0 atom stereocenters. The Morgan fingerprint density at radius 1 is 1.18 bits per heavy atom. The Kier molecular flexibility index (Phi) is 3.03. The van der Waals surface area contributed by atoms with Crippen LogP contribution in [0.2, 0.25) is 0 Å². The van der Waals surface area contributed by atoms with Crippen molar-refractivity contribution in [3.8, 4) is 11.4 Å². The Balaban J connectivity index is 2.64. The minimum Gasteiger partial charge on any atom is -0.390 e. The third-order valence-corrected chi connectivity index (χ3v) is 3.15. The number of aliphatic hydroxyl groups is 1. The number of rotatable bonds is 2. The van der Waals surface area contributed by atoms with Gasteiger partial charge < -0.3 is 9.67 Å². The molecule has 2 aromatic rings. The van der Waals surface area contributed by atoms with E-state index < -0.39 is 0 Å². The van der Waals surface area contributed by atoms with Crippen LogP contribution in [0.15, 0.2) is 18.3 Å². The Morgan fingerprint density at radius 2 is 1.76 bits per heavy atom. The SMILES string of the molecule is Cc1cc(C)c(-c2ncc(CO)n2C)c(C)c1. The molecule has 0 aliphatic carbocycles. The number of aromatic nitrogens is 2. The molecule has 0 spiro atoms. The molecule has 17 heavy (non-hydrogen) atoms. The second-order valence-electron chi connectivity index (χ2n) is 4.56. The fourth-order valence-corrected chi connectivity index (χ4v) is 2.36. The van der Waals surface area contributed by atoms with Crippen LogP contribution in [0.25, 0.3) is 11.4 Å². The summed E-state index contributed by atoms with van der Waals surface area (Å²) in [7, 11) is 1.94. The zero-order valence-corrected chi connectivity index (χ0v) is 10.8. The molecule has 90 valence electrons. The van der Waals surface area contributed by atoms with E-state index in [0.717, 1.165) is 17.1 Å². The van der Waals surface area contributed by atoms with Gasteiger partial charge >= 0.3 is 0 Å². The summed E-state index contributed by atoms with van der Waals surface area (Å²) in [4.78, 5) is 4.41. The van der Waals surface area contributed by atoms with Gasteiger partial charge in [0.25, 0.3) is 0 Å². The van der Waals surface area contributed by atoms with Crippen LogP contribution in [0.4, 0.5) is 0 Å². The molecule has 0 aliphatic heterocycles. The summed E-state index contributed by atoms with van der Waals surface area (Å²) in [5.74, 6) is 0.920. The maximum atomic E-state index is 9.20. The highest BCUT2D eigenvalue weighted by Gasteiger charge is 2.13. The zero-order valence-electron chi connectivity index (χ0n) is 10.8. The smallest absolute Gasteiger partial charge is 0.140 e. The van der Waals surface area contributed by atoms with Gasteiger partial charge in [-0.25, -0.2) is 4.98 Å². The van der Waals surface area contributed by atoms with Gasteiger partial charge in [-0.15, -0.1) is 0 Å². The molecule has 0 amide bonds. The van der Waals surface area contributed by atoms with Crippen LogP contribution in [0, 0.1) is 20.8 Å². The Morgan fingerprint density at radius 3 is 2.24 bits per heavy atom. The summed E-state index contributed by atoms with van der Waals surface area (Å²) >= 11 is 0. The average molecular weight is 230 g/mol. The van der Waals surface area contributed by atoms with Crippen LogP contribution in [0.3, 0.4) is 0 Å². The van der Waals surface area contributed by atoms with Gasteiger partial charge in [-0.05, 0) is 31.9 Å². The first-order chi connectivity index (χ1) is 8.04. The average Bonchev–Trinajstić information content (AvgIpc) is 2.59. The van der Waals surface area contributed by atoms with E-state index in [0.29, 0.717) is 0 Å². The van der Waals surface area contributed by atoms with Crippen molar-refractivity contribution >= 4 is 0 Å². The second kappa shape index (κ2) is 4.34. The first kappa shape index (κ1) is 11.9. The Labute approximate surface area is 102 Å². The van der Waals surface area contributed by atoms with Crippen LogP contribution in [-0.2, 0) is 13.7 Å². The van der Waals surface area contributed by atoms with Crippen molar-refractivity contribution < 1.29 is 5.11 Å². The molecule has 0 fully saturated rings. The van der Waals surface area contributed by atoms with Gasteiger partial charge in [-0.1, -0.05) is 17.7 Å². The normalized spacial score (nSPS) is 10.9. The van der Waals surface area contributed by atoms with E-state index in [4.69, 9.17) is 0 Å². The Hall–Kier alpha value is -1.61. The van der Waals surface area contributed by atoms with E-state index in [-0.39, 0.29) is 6.61 Å². The lowest BCUT2D eigenvalue weighted by molar-refractivity contribution is 0.273. The van der Waals surface area contributed by atoms with Crippen molar-refractivity contribution in [2.24, 2.45) is 7.05 Å². The number of nitrogens with zero attached hydrogens (tertiary/aromatic N) is 2. The molecule has 0 bridgehead atoms. The zero-order chi connectivity index (χ0) is 12.6. The number of benzene rings is 1. The predicted octanol–water partition coefficient (Wildman–Crippen LogP) is 2.50. The summed E-state index contributed by atoms with van der Waals surface area (Å²) < 4.78 is 1.95. The van der Waals surface area contributed by atoms with E-state index >= 15 is 0 Å². The van der Waals surface area contributed by atoms with Gasteiger partial charge in [0.2, 0.25) is 0 Å². The summed E-state index contributed by atoms with van der Waals surface area (Å²) in [5.41, 5.74) is 5.71. The molecule has 3 nitrogen and oxygen atoms in total. The van der Waals surface area contributed by atoms with E-state index in [1.165, 1.54) is 16.7 Å². The van der Waals surface area contributed by atoms with Crippen molar-refractivity contribution in [2.45, 2.75) is 27.4 Å². The molecular weight excluding hydrogens is 212 g/mol. The van der Waals surface area contributed by atoms with E-state index in [1.54, 1.807) is 6.20 Å². The highest BCUT2D eigenvalue weighted by atomic mass is 16.3. The number of aryl methyl sites for hydroxylation is 3. The maximum Gasteiger partial charge on any atom is 0.140 e. The molecule has 0 aliphatic rings. The van der Waals surface area contributed by atoms with Crippen molar-refractivity contribution in [3.05, 3.63) is 40.7 Å². The van der Waals surface area contributed by atoms with E-state index in [2.05, 4.69) is 37.9 Å². The third kappa shape index (κ3) is 1.98. The number of imidazole rings is 1. The minimum atomic E-state index is 0.0213. The van der Waals surface area contributed by atoms with Gasteiger partial charge in [-0.2, -0.15) is 0 Å². The van der Waals surface area contributed by atoms with E-state index in [1.807, 2.05) is 11.6 Å². The maximum absolute atomic E-state index is 9.20. The molecule has 0 saturated carbocycles. The lowest BCUT2D eigenvalue weighted by atomic mass is 9.99. The predicted molar refractivity (Wildman–Crippen MR) is 68.8 cm³/mol. The summed E-state index contributed by atoms with van der Waals surface area (Å²) in [6.45, 7) is 6.32. The van der Waals surface area contributed by atoms with Crippen LogP contribution >= 0.6 is 0 Å². The second-order valence-corrected chi connectivity index (χ2v) is 4.56. The van der Waals surface area contributed by atoms with Crippen molar-refractivity contribution in [3.63, 3.8) is 0 Å². The number of hydrogen-bond acceptors (Lipinski definition) is 2.